The monoisotopic (exact) mass is 324 g/mol. The molecule has 0 bridgehead atoms. The van der Waals surface area contributed by atoms with E-state index >= 15 is 0 Å². The Morgan fingerprint density at radius 2 is 2.32 bits per heavy atom. The predicted octanol–water partition coefficient (Wildman–Crippen LogP) is 2.53. The molecule has 0 spiro atoms. The lowest BCUT2D eigenvalue weighted by molar-refractivity contribution is 0.115. The highest BCUT2D eigenvalue weighted by Gasteiger charge is 2.21. The predicted molar refractivity (Wildman–Crippen MR) is 92.5 cm³/mol. The molecular formula is C16H28N4OS. The van der Waals surface area contributed by atoms with Gasteiger partial charge in [-0.25, -0.2) is 9.98 Å². The number of ether oxygens (including phenoxy) is 1. The van der Waals surface area contributed by atoms with Crippen molar-refractivity contribution in [3.8, 4) is 0 Å². The van der Waals surface area contributed by atoms with E-state index in [1.54, 1.807) is 11.3 Å². The lowest BCUT2D eigenvalue weighted by atomic mass is 10.4. The van der Waals surface area contributed by atoms with Crippen molar-refractivity contribution in [3.05, 3.63) is 16.1 Å². The summed E-state index contributed by atoms with van der Waals surface area (Å²) in [5.74, 6) is 1.74. The Morgan fingerprint density at radius 3 is 2.95 bits per heavy atom. The zero-order chi connectivity index (χ0) is 15.8. The summed E-state index contributed by atoms with van der Waals surface area (Å²) in [4.78, 5) is 11.4. The average molecular weight is 324 g/mol. The topological polar surface area (TPSA) is 49.8 Å². The summed E-state index contributed by atoms with van der Waals surface area (Å²) in [5.41, 5.74) is 1.05. The van der Waals surface area contributed by atoms with Gasteiger partial charge in [-0.2, -0.15) is 0 Å². The Hall–Kier alpha value is -1.14. The molecule has 1 aromatic heterocycles. The van der Waals surface area contributed by atoms with Crippen LogP contribution in [-0.4, -0.2) is 49.2 Å². The third kappa shape index (κ3) is 5.93. The normalized spacial score (nSPS) is 15.1. The molecule has 1 heterocycles. The second-order valence-electron chi connectivity index (χ2n) is 5.70. The molecule has 22 heavy (non-hydrogen) atoms. The fourth-order valence-corrected chi connectivity index (χ4v) is 2.79. The minimum atomic E-state index is 0.631. The number of nitrogens with one attached hydrogen (secondary N) is 1. The number of hydrogen-bond donors (Lipinski definition) is 1. The standard InChI is InChI=1S/C16H28N4OS/c1-4-15-19-14(12-22-15)10-18-16(17-5-2)20(3)8-9-21-11-13-6-7-13/h12-13H,4-11H2,1-3H3,(H,17,18). The van der Waals surface area contributed by atoms with Crippen molar-refractivity contribution in [1.29, 1.82) is 0 Å². The molecule has 0 atom stereocenters. The van der Waals surface area contributed by atoms with Crippen molar-refractivity contribution in [3.63, 3.8) is 0 Å². The third-order valence-corrected chi connectivity index (χ3v) is 4.65. The highest BCUT2D eigenvalue weighted by molar-refractivity contribution is 7.09. The Morgan fingerprint density at radius 1 is 1.50 bits per heavy atom. The van der Waals surface area contributed by atoms with Gasteiger partial charge in [-0.3, -0.25) is 0 Å². The fraction of sp³-hybridized carbons (Fsp3) is 0.750. The molecule has 0 amide bonds. The molecular weight excluding hydrogens is 296 g/mol. The number of guanidine groups is 1. The summed E-state index contributed by atoms with van der Waals surface area (Å²) in [6, 6.07) is 0. The van der Waals surface area contributed by atoms with Gasteiger partial charge < -0.3 is 15.0 Å². The fourth-order valence-electron chi connectivity index (χ4n) is 2.05. The average Bonchev–Trinajstić information content (AvgIpc) is 3.24. The molecule has 0 unspecified atom stereocenters. The van der Waals surface area contributed by atoms with E-state index < -0.39 is 0 Å². The Kier molecular flexibility index (Phi) is 7.12. The van der Waals surface area contributed by atoms with Gasteiger partial charge in [0.2, 0.25) is 0 Å². The molecule has 1 aliphatic rings. The largest absolute Gasteiger partial charge is 0.379 e. The van der Waals surface area contributed by atoms with Crippen molar-refractivity contribution < 1.29 is 4.74 Å². The minimum absolute atomic E-state index is 0.631. The number of aliphatic imine (C=N–C) groups is 1. The van der Waals surface area contributed by atoms with Crippen molar-refractivity contribution in [1.82, 2.24) is 15.2 Å². The maximum Gasteiger partial charge on any atom is 0.194 e. The summed E-state index contributed by atoms with van der Waals surface area (Å²) >= 11 is 1.71. The molecule has 2 rings (SSSR count). The Labute approximate surface area is 137 Å². The summed E-state index contributed by atoms with van der Waals surface area (Å²) in [7, 11) is 2.06. The lowest BCUT2D eigenvalue weighted by Gasteiger charge is -2.21. The Bertz CT molecular complexity index is 470. The zero-order valence-electron chi connectivity index (χ0n) is 14.0. The first-order valence-corrected chi connectivity index (χ1v) is 9.11. The molecule has 1 aromatic rings. The zero-order valence-corrected chi connectivity index (χ0v) is 14.8. The SMILES string of the molecule is CCNC(=NCc1csc(CC)n1)N(C)CCOCC1CC1. The van der Waals surface area contributed by atoms with E-state index in [1.165, 1.54) is 17.8 Å². The summed E-state index contributed by atoms with van der Waals surface area (Å²) in [5, 5.41) is 6.61. The number of rotatable bonds is 9. The van der Waals surface area contributed by atoms with E-state index in [4.69, 9.17) is 4.74 Å². The second kappa shape index (κ2) is 9.10. The van der Waals surface area contributed by atoms with E-state index in [0.717, 1.165) is 50.3 Å². The van der Waals surface area contributed by atoms with Gasteiger partial charge in [-0.1, -0.05) is 6.92 Å². The van der Waals surface area contributed by atoms with Gasteiger partial charge in [0.25, 0.3) is 0 Å². The van der Waals surface area contributed by atoms with Gasteiger partial charge in [0, 0.05) is 32.1 Å². The maximum atomic E-state index is 5.70. The quantitative estimate of drug-likeness (QED) is 0.431. The first kappa shape index (κ1) is 17.2. The van der Waals surface area contributed by atoms with E-state index in [9.17, 15) is 0 Å². The first-order valence-electron chi connectivity index (χ1n) is 8.23. The number of aromatic nitrogens is 1. The van der Waals surface area contributed by atoms with Crippen LogP contribution in [-0.2, 0) is 17.7 Å². The van der Waals surface area contributed by atoms with E-state index in [0.29, 0.717) is 6.54 Å². The van der Waals surface area contributed by atoms with Crippen LogP contribution >= 0.6 is 11.3 Å². The van der Waals surface area contributed by atoms with Gasteiger partial charge >= 0.3 is 0 Å². The van der Waals surface area contributed by atoms with Crippen LogP contribution in [0.3, 0.4) is 0 Å². The molecule has 1 saturated carbocycles. The number of aryl methyl sites for hydroxylation is 1. The van der Waals surface area contributed by atoms with Crippen molar-refractivity contribution in [2.24, 2.45) is 10.9 Å². The van der Waals surface area contributed by atoms with Gasteiger partial charge in [0.1, 0.15) is 0 Å². The molecule has 1 N–H and O–H groups in total. The number of thiazole rings is 1. The van der Waals surface area contributed by atoms with Crippen molar-refractivity contribution in [2.75, 3.05) is 33.4 Å². The second-order valence-corrected chi connectivity index (χ2v) is 6.64. The van der Waals surface area contributed by atoms with E-state index in [-0.39, 0.29) is 0 Å². The van der Waals surface area contributed by atoms with Crippen LogP contribution in [0.5, 0.6) is 0 Å². The molecule has 124 valence electrons. The number of likely N-dealkylation sites (N-methyl/N-ethyl adjacent to an activating group) is 1. The molecule has 0 radical (unpaired) electrons. The minimum Gasteiger partial charge on any atom is -0.379 e. The van der Waals surface area contributed by atoms with Gasteiger partial charge in [0.05, 0.1) is 23.9 Å². The van der Waals surface area contributed by atoms with Crippen LogP contribution < -0.4 is 5.32 Å². The molecule has 1 aliphatic carbocycles. The molecule has 0 aromatic carbocycles. The summed E-state index contributed by atoms with van der Waals surface area (Å²) < 4.78 is 5.70. The van der Waals surface area contributed by atoms with Crippen molar-refractivity contribution >= 4 is 17.3 Å². The number of nitrogens with zero attached hydrogens (tertiary/aromatic N) is 3. The van der Waals surface area contributed by atoms with Crippen LogP contribution in [0.2, 0.25) is 0 Å². The van der Waals surface area contributed by atoms with Crippen LogP contribution in [0.15, 0.2) is 10.4 Å². The lowest BCUT2D eigenvalue weighted by Crippen LogP contribution is -2.40. The molecule has 5 nitrogen and oxygen atoms in total. The smallest absolute Gasteiger partial charge is 0.194 e. The molecule has 1 fully saturated rings. The first-order chi connectivity index (χ1) is 10.7. The van der Waals surface area contributed by atoms with Gasteiger partial charge in [-0.15, -0.1) is 11.3 Å². The summed E-state index contributed by atoms with van der Waals surface area (Å²) in [6.07, 6.45) is 3.67. The van der Waals surface area contributed by atoms with Crippen molar-refractivity contribution in [2.45, 2.75) is 39.7 Å². The highest BCUT2D eigenvalue weighted by Crippen LogP contribution is 2.28. The molecule has 6 heteroatoms. The third-order valence-electron chi connectivity index (χ3n) is 3.61. The maximum absolute atomic E-state index is 5.70. The Balaban J connectivity index is 1.78. The van der Waals surface area contributed by atoms with Gasteiger partial charge in [0.15, 0.2) is 5.96 Å². The number of hydrogen-bond acceptors (Lipinski definition) is 4. The van der Waals surface area contributed by atoms with Crippen LogP contribution in [0, 0.1) is 5.92 Å². The molecule has 0 aliphatic heterocycles. The molecule has 0 saturated heterocycles. The van der Waals surface area contributed by atoms with E-state index in [1.807, 2.05) is 0 Å². The van der Waals surface area contributed by atoms with E-state index in [2.05, 4.69) is 46.5 Å². The van der Waals surface area contributed by atoms with Gasteiger partial charge in [-0.05, 0) is 32.1 Å². The summed E-state index contributed by atoms with van der Waals surface area (Å²) in [6.45, 7) is 8.25. The van der Waals surface area contributed by atoms with Crippen LogP contribution in [0.25, 0.3) is 0 Å². The van der Waals surface area contributed by atoms with Crippen LogP contribution in [0.4, 0.5) is 0 Å². The van der Waals surface area contributed by atoms with Crippen LogP contribution in [0.1, 0.15) is 37.4 Å². The highest BCUT2D eigenvalue weighted by atomic mass is 32.1.